The minimum Gasteiger partial charge on any atom is -0.493 e. The number of rotatable bonds is 5. The molecule has 0 bridgehead atoms. The van der Waals surface area contributed by atoms with E-state index in [4.69, 9.17) is 23.7 Å². The fourth-order valence-electron chi connectivity index (χ4n) is 5.31. The van der Waals surface area contributed by atoms with Gasteiger partial charge in [-0.2, -0.15) is 0 Å². The number of fused-ring (bicyclic) bond motifs is 1. The number of aliphatic hydroxyl groups excluding tert-OH is 1. The van der Waals surface area contributed by atoms with E-state index in [0.717, 1.165) is 11.1 Å². The van der Waals surface area contributed by atoms with Crippen LogP contribution >= 0.6 is 0 Å². The molecule has 1 N–H and O–H groups in total. The lowest BCUT2D eigenvalue weighted by Crippen LogP contribution is -2.50. The van der Waals surface area contributed by atoms with Crippen LogP contribution in [0.4, 0.5) is 0 Å². The quantitative estimate of drug-likeness (QED) is 0.767. The predicted molar refractivity (Wildman–Crippen MR) is 100 cm³/mol. The van der Waals surface area contributed by atoms with Crippen molar-refractivity contribution in [3.63, 3.8) is 0 Å². The summed E-state index contributed by atoms with van der Waals surface area (Å²) in [6.07, 6.45) is 2.52. The largest absolute Gasteiger partial charge is 0.493 e. The smallest absolute Gasteiger partial charge is 0.236 e. The van der Waals surface area contributed by atoms with E-state index in [0.29, 0.717) is 42.1 Å². The van der Waals surface area contributed by atoms with Crippen LogP contribution in [0.15, 0.2) is 17.7 Å². The Bertz CT molecular complexity index is 855. The molecule has 1 fully saturated rings. The number of hydrogen-bond acceptors (Lipinski definition) is 7. The zero-order valence-electron chi connectivity index (χ0n) is 16.8. The van der Waals surface area contributed by atoms with Gasteiger partial charge in [0.05, 0.1) is 27.4 Å². The number of aliphatic hydroxyl groups is 1. The summed E-state index contributed by atoms with van der Waals surface area (Å²) < 4.78 is 28.1. The van der Waals surface area contributed by atoms with Gasteiger partial charge in [0.15, 0.2) is 11.5 Å². The molecule has 3 atom stereocenters. The zero-order chi connectivity index (χ0) is 20.3. The Hall–Kier alpha value is -2.09. The first-order chi connectivity index (χ1) is 13.4. The average Bonchev–Trinajstić information content (AvgIpc) is 3.48. The molecule has 0 unspecified atom stereocenters. The second-order valence-electron chi connectivity index (χ2n) is 7.50. The van der Waals surface area contributed by atoms with Gasteiger partial charge in [0.25, 0.3) is 0 Å². The Morgan fingerprint density at radius 1 is 1.04 bits per heavy atom. The van der Waals surface area contributed by atoms with E-state index in [1.54, 1.807) is 21.3 Å². The first-order valence-corrected chi connectivity index (χ1v) is 9.32. The summed E-state index contributed by atoms with van der Waals surface area (Å²) in [5.41, 5.74) is 2.04. The van der Waals surface area contributed by atoms with Gasteiger partial charge in [0, 0.05) is 31.1 Å². The van der Waals surface area contributed by atoms with Gasteiger partial charge in [-0.3, -0.25) is 4.79 Å². The first kappa shape index (κ1) is 19.2. The summed E-state index contributed by atoms with van der Waals surface area (Å²) >= 11 is 0. The molecule has 3 aliphatic carbocycles. The number of benzene rings is 1. The molecule has 0 aromatic heterocycles. The van der Waals surface area contributed by atoms with Gasteiger partial charge < -0.3 is 28.8 Å². The highest BCUT2D eigenvalue weighted by Gasteiger charge is 2.74. The molecule has 0 aliphatic heterocycles. The summed E-state index contributed by atoms with van der Waals surface area (Å²) in [5, 5.41) is 10.9. The van der Waals surface area contributed by atoms with Crippen molar-refractivity contribution < 1.29 is 33.6 Å². The molecule has 3 aliphatic rings. The van der Waals surface area contributed by atoms with Crippen molar-refractivity contribution in [1.82, 2.24) is 0 Å². The highest BCUT2D eigenvalue weighted by Crippen LogP contribution is 2.71. The van der Waals surface area contributed by atoms with E-state index in [1.165, 1.54) is 20.3 Å². The minimum absolute atomic E-state index is 0.263. The average molecular weight is 390 g/mol. The Morgan fingerprint density at radius 3 is 2.29 bits per heavy atom. The Kier molecular flexibility index (Phi) is 4.45. The van der Waals surface area contributed by atoms with Crippen LogP contribution in [0.25, 0.3) is 0 Å². The minimum atomic E-state index is -1.37. The number of aryl methyl sites for hydroxylation is 1. The lowest BCUT2D eigenvalue weighted by molar-refractivity contribution is -0.216. The van der Waals surface area contributed by atoms with E-state index in [1.807, 2.05) is 6.07 Å². The summed E-state index contributed by atoms with van der Waals surface area (Å²) in [5.74, 6) is -0.270. The fourth-order valence-corrected chi connectivity index (χ4v) is 5.31. The fraction of sp³-hybridized carbons (Fsp3) is 0.571. The Morgan fingerprint density at radius 2 is 1.71 bits per heavy atom. The van der Waals surface area contributed by atoms with Crippen molar-refractivity contribution in [2.75, 3.05) is 35.5 Å². The van der Waals surface area contributed by atoms with Gasteiger partial charge in [-0.15, -0.1) is 0 Å². The van der Waals surface area contributed by atoms with Gasteiger partial charge >= 0.3 is 0 Å². The third kappa shape index (κ3) is 2.18. The molecular formula is C21H26O7. The van der Waals surface area contributed by atoms with Gasteiger partial charge in [0.2, 0.25) is 17.3 Å². The molecule has 0 saturated heterocycles. The second kappa shape index (κ2) is 6.47. The lowest BCUT2D eigenvalue weighted by atomic mass is 9.75. The molecule has 0 radical (unpaired) electrons. The molecule has 1 saturated carbocycles. The number of ketones is 1. The van der Waals surface area contributed by atoms with Crippen molar-refractivity contribution in [1.29, 1.82) is 0 Å². The summed E-state index contributed by atoms with van der Waals surface area (Å²) in [4.78, 5) is 12.9. The van der Waals surface area contributed by atoms with E-state index in [-0.39, 0.29) is 11.7 Å². The Balaban J connectivity index is 2.04. The van der Waals surface area contributed by atoms with E-state index >= 15 is 0 Å². The number of carbonyl (C=O) groups is 1. The monoisotopic (exact) mass is 390 g/mol. The Labute approximate surface area is 164 Å². The van der Waals surface area contributed by atoms with Crippen molar-refractivity contribution >= 4 is 5.78 Å². The maximum atomic E-state index is 12.9. The maximum Gasteiger partial charge on any atom is 0.236 e. The first-order valence-electron chi connectivity index (χ1n) is 9.32. The highest BCUT2D eigenvalue weighted by molar-refractivity contribution is 6.00. The van der Waals surface area contributed by atoms with Gasteiger partial charge in [-0.25, -0.2) is 0 Å². The lowest BCUT2D eigenvalue weighted by Gasteiger charge is -2.37. The third-order valence-electron chi connectivity index (χ3n) is 6.58. The van der Waals surface area contributed by atoms with Gasteiger partial charge in [0.1, 0.15) is 0 Å². The zero-order valence-corrected chi connectivity index (χ0v) is 16.8. The maximum absolute atomic E-state index is 12.9. The van der Waals surface area contributed by atoms with Crippen molar-refractivity contribution in [2.24, 2.45) is 5.92 Å². The number of hydrogen-bond donors (Lipinski definition) is 1. The summed E-state index contributed by atoms with van der Waals surface area (Å²) in [6, 6.07) is 1.94. The summed E-state index contributed by atoms with van der Waals surface area (Å²) in [6.45, 7) is 0. The van der Waals surface area contributed by atoms with Crippen LogP contribution in [0.3, 0.4) is 0 Å². The van der Waals surface area contributed by atoms with Crippen molar-refractivity contribution in [2.45, 2.75) is 36.6 Å². The normalized spacial score (nSPS) is 29.6. The van der Waals surface area contributed by atoms with Crippen LogP contribution in [0.5, 0.6) is 17.2 Å². The molecule has 28 heavy (non-hydrogen) atoms. The van der Waals surface area contributed by atoms with Crippen LogP contribution in [0, 0.1) is 5.92 Å². The number of methoxy groups -OCH3 is 5. The number of ether oxygens (including phenoxy) is 5. The topological polar surface area (TPSA) is 83.5 Å². The second-order valence-corrected chi connectivity index (χ2v) is 7.50. The van der Waals surface area contributed by atoms with Crippen molar-refractivity contribution in [3.8, 4) is 17.2 Å². The molecule has 1 aromatic rings. The molecule has 0 amide bonds. The molecule has 4 rings (SSSR count). The van der Waals surface area contributed by atoms with Crippen LogP contribution in [0.1, 0.15) is 24.0 Å². The molecule has 7 heteroatoms. The predicted octanol–water partition coefficient (Wildman–Crippen LogP) is 1.78. The number of carbonyl (C=O) groups excluding carboxylic acids is 1. The highest BCUT2D eigenvalue weighted by atomic mass is 16.7. The van der Waals surface area contributed by atoms with Crippen LogP contribution in [-0.4, -0.2) is 58.3 Å². The summed E-state index contributed by atoms with van der Waals surface area (Å²) in [7, 11) is 7.69. The SMILES string of the molecule is COc1cc2c(c(OC)c1OC)[C@@]13C[C@@H]1C(OC)(OC)C(=O)C=C3[C@H](O)CC2. The molecule has 152 valence electrons. The van der Waals surface area contributed by atoms with Crippen LogP contribution < -0.4 is 14.2 Å². The standard InChI is InChI=1S/C21H26O7/c1-24-14-8-11-6-7-13(22)12-9-16(23)21(27-4,28-5)15-10-20(12,15)17(11)19(26-3)18(14)25-2/h8-9,13,15,22H,6-7,10H2,1-5H3/t13-,15+,20-/m1/s1. The molecular weight excluding hydrogens is 364 g/mol. The van der Waals surface area contributed by atoms with E-state index in [9.17, 15) is 9.90 Å². The molecule has 1 aromatic carbocycles. The molecule has 1 spiro atoms. The van der Waals surface area contributed by atoms with Crippen LogP contribution in [0.2, 0.25) is 0 Å². The van der Waals surface area contributed by atoms with E-state index < -0.39 is 17.3 Å². The molecule has 0 heterocycles. The third-order valence-corrected chi connectivity index (χ3v) is 6.58. The van der Waals surface area contributed by atoms with Gasteiger partial charge in [-0.05, 0) is 42.5 Å². The van der Waals surface area contributed by atoms with Crippen molar-refractivity contribution in [3.05, 3.63) is 28.8 Å². The molecule has 7 nitrogen and oxygen atoms in total. The van der Waals surface area contributed by atoms with Crippen LogP contribution in [-0.2, 0) is 26.1 Å². The van der Waals surface area contributed by atoms with Gasteiger partial charge in [-0.1, -0.05) is 0 Å². The van der Waals surface area contributed by atoms with E-state index in [2.05, 4.69) is 0 Å².